The summed E-state index contributed by atoms with van der Waals surface area (Å²) >= 11 is 0. The van der Waals surface area contributed by atoms with Crippen LogP contribution in [0, 0.1) is 17.3 Å². The third-order valence-corrected chi connectivity index (χ3v) is 4.29. The maximum Gasteiger partial charge on any atom is 0.323 e. The summed E-state index contributed by atoms with van der Waals surface area (Å²) in [4.78, 5) is 25.8. The highest BCUT2D eigenvalue weighted by molar-refractivity contribution is 6.00. The quantitative estimate of drug-likeness (QED) is 0.233. The SMILES string of the molecule is CCCCCC(CCCCC)(C(=O)OCC(C)C)C(=O)OCC(C)C. The zero-order valence-electron chi connectivity index (χ0n) is 17.4. The van der Waals surface area contributed by atoms with E-state index in [0.717, 1.165) is 38.5 Å². The zero-order chi connectivity index (χ0) is 19.3. The Labute approximate surface area is 155 Å². The van der Waals surface area contributed by atoms with Gasteiger partial charge in [-0.1, -0.05) is 80.1 Å². The molecule has 0 rings (SSSR count). The second kappa shape index (κ2) is 13.2. The topological polar surface area (TPSA) is 52.6 Å². The standard InChI is InChI=1S/C21H40O4/c1-7-9-11-13-21(14-12-10-8-2,19(22)24-15-17(3)4)20(23)25-16-18(5)6/h17-18H,7-16H2,1-6H3. The molecule has 0 aromatic heterocycles. The lowest BCUT2D eigenvalue weighted by molar-refractivity contribution is -0.175. The maximum absolute atomic E-state index is 12.9. The first-order chi connectivity index (χ1) is 11.8. The van der Waals surface area contributed by atoms with Crippen LogP contribution in [0.2, 0.25) is 0 Å². The lowest BCUT2D eigenvalue weighted by Crippen LogP contribution is -2.43. The van der Waals surface area contributed by atoms with Crippen LogP contribution in [0.4, 0.5) is 0 Å². The molecule has 0 aromatic carbocycles. The molecule has 4 nitrogen and oxygen atoms in total. The predicted molar refractivity (Wildman–Crippen MR) is 102 cm³/mol. The zero-order valence-corrected chi connectivity index (χ0v) is 17.4. The molecule has 4 heteroatoms. The number of unbranched alkanes of at least 4 members (excludes halogenated alkanes) is 4. The van der Waals surface area contributed by atoms with Crippen molar-refractivity contribution in [2.24, 2.45) is 17.3 Å². The molecule has 0 aliphatic carbocycles. The van der Waals surface area contributed by atoms with Gasteiger partial charge in [0.2, 0.25) is 0 Å². The van der Waals surface area contributed by atoms with Gasteiger partial charge in [-0.15, -0.1) is 0 Å². The Morgan fingerprint density at radius 3 is 1.36 bits per heavy atom. The van der Waals surface area contributed by atoms with Crippen molar-refractivity contribution in [1.29, 1.82) is 0 Å². The molecule has 25 heavy (non-hydrogen) atoms. The van der Waals surface area contributed by atoms with E-state index < -0.39 is 5.41 Å². The van der Waals surface area contributed by atoms with Gasteiger partial charge in [-0.3, -0.25) is 9.59 Å². The average Bonchev–Trinajstić information content (AvgIpc) is 2.56. The Balaban J connectivity index is 5.35. The van der Waals surface area contributed by atoms with E-state index in [1.165, 1.54) is 0 Å². The first-order valence-corrected chi connectivity index (χ1v) is 10.1. The molecule has 0 aliphatic rings. The Kier molecular flexibility index (Phi) is 12.6. The third kappa shape index (κ3) is 9.27. The molecule has 0 radical (unpaired) electrons. The van der Waals surface area contributed by atoms with Crippen molar-refractivity contribution in [3.05, 3.63) is 0 Å². The van der Waals surface area contributed by atoms with Crippen molar-refractivity contribution < 1.29 is 19.1 Å². The Bertz CT molecular complexity index is 338. The summed E-state index contributed by atoms with van der Waals surface area (Å²) in [7, 11) is 0. The van der Waals surface area contributed by atoms with Crippen LogP contribution in [-0.2, 0) is 19.1 Å². The fraction of sp³-hybridized carbons (Fsp3) is 0.905. The van der Waals surface area contributed by atoms with Gasteiger partial charge in [-0.05, 0) is 24.7 Å². The van der Waals surface area contributed by atoms with Crippen molar-refractivity contribution >= 4 is 11.9 Å². The monoisotopic (exact) mass is 356 g/mol. The number of carbonyl (C=O) groups is 2. The molecule has 0 N–H and O–H groups in total. The van der Waals surface area contributed by atoms with Gasteiger partial charge in [0.25, 0.3) is 0 Å². The van der Waals surface area contributed by atoms with Gasteiger partial charge in [0.15, 0.2) is 5.41 Å². The molecule has 0 heterocycles. The second-order valence-electron chi connectivity index (χ2n) is 7.98. The summed E-state index contributed by atoms with van der Waals surface area (Å²) in [6.45, 7) is 12.9. The van der Waals surface area contributed by atoms with E-state index in [-0.39, 0.29) is 23.8 Å². The summed E-state index contributed by atoms with van der Waals surface area (Å²) in [5.41, 5.74) is -1.13. The summed E-state index contributed by atoms with van der Waals surface area (Å²) in [6.07, 6.45) is 6.85. The van der Waals surface area contributed by atoms with E-state index in [1.54, 1.807) is 0 Å². The number of esters is 2. The molecule has 0 fully saturated rings. The molecule has 0 amide bonds. The van der Waals surface area contributed by atoms with Crippen molar-refractivity contribution in [2.75, 3.05) is 13.2 Å². The van der Waals surface area contributed by atoms with Gasteiger partial charge >= 0.3 is 11.9 Å². The van der Waals surface area contributed by atoms with Gasteiger partial charge in [0.1, 0.15) is 0 Å². The molecule has 0 aliphatic heterocycles. The number of ether oxygens (including phenoxy) is 2. The van der Waals surface area contributed by atoms with Crippen LogP contribution < -0.4 is 0 Å². The molecular weight excluding hydrogens is 316 g/mol. The molecule has 0 bridgehead atoms. The molecule has 0 saturated carbocycles. The van der Waals surface area contributed by atoms with E-state index in [4.69, 9.17) is 9.47 Å². The van der Waals surface area contributed by atoms with E-state index in [1.807, 2.05) is 27.7 Å². The normalized spacial score (nSPS) is 11.8. The van der Waals surface area contributed by atoms with Gasteiger partial charge in [0, 0.05) is 0 Å². The summed E-state index contributed by atoms with van der Waals surface area (Å²) in [6, 6.07) is 0. The minimum absolute atomic E-state index is 0.250. The average molecular weight is 357 g/mol. The summed E-state index contributed by atoms with van der Waals surface area (Å²) in [5.74, 6) is -0.274. The van der Waals surface area contributed by atoms with Gasteiger partial charge in [0.05, 0.1) is 13.2 Å². The summed E-state index contributed by atoms with van der Waals surface area (Å²) in [5, 5.41) is 0. The lowest BCUT2D eigenvalue weighted by Gasteiger charge is -2.30. The predicted octanol–water partition coefficient (Wildman–Crippen LogP) is 5.53. The lowest BCUT2D eigenvalue weighted by atomic mass is 9.77. The highest BCUT2D eigenvalue weighted by atomic mass is 16.6. The van der Waals surface area contributed by atoms with Crippen LogP contribution in [0.15, 0.2) is 0 Å². The highest BCUT2D eigenvalue weighted by Crippen LogP contribution is 2.35. The fourth-order valence-corrected chi connectivity index (χ4v) is 2.73. The molecule has 0 saturated heterocycles. The number of rotatable bonds is 14. The smallest absolute Gasteiger partial charge is 0.323 e. The minimum Gasteiger partial charge on any atom is -0.465 e. The summed E-state index contributed by atoms with van der Waals surface area (Å²) < 4.78 is 11.0. The van der Waals surface area contributed by atoms with Crippen molar-refractivity contribution in [3.8, 4) is 0 Å². The number of hydrogen-bond donors (Lipinski definition) is 0. The van der Waals surface area contributed by atoms with Crippen molar-refractivity contribution in [1.82, 2.24) is 0 Å². The van der Waals surface area contributed by atoms with Crippen LogP contribution in [0.25, 0.3) is 0 Å². The molecule has 0 unspecified atom stereocenters. The molecule has 0 aromatic rings. The molecule has 0 atom stereocenters. The van der Waals surface area contributed by atoms with Gasteiger partial charge in [-0.25, -0.2) is 0 Å². The number of carbonyl (C=O) groups excluding carboxylic acids is 2. The van der Waals surface area contributed by atoms with E-state index >= 15 is 0 Å². The first kappa shape index (κ1) is 23.9. The molecule has 0 spiro atoms. The van der Waals surface area contributed by atoms with Crippen LogP contribution >= 0.6 is 0 Å². The maximum atomic E-state index is 12.9. The van der Waals surface area contributed by atoms with Gasteiger partial charge in [-0.2, -0.15) is 0 Å². The fourth-order valence-electron chi connectivity index (χ4n) is 2.73. The van der Waals surface area contributed by atoms with Crippen LogP contribution in [0.1, 0.15) is 92.9 Å². The molecule has 148 valence electrons. The Hall–Kier alpha value is -1.06. The minimum atomic E-state index is -1.13. The Morgan fingerprint density at radius 2 is 1.08 bits per heavy atom. The Morgan fingerprint density at radius 1 is 0.720 bits per heavy atom. The van der Waals surface area contributed by atoms with Crippen molar-refractivity contribution in [2.45, 2.75) is 92.9 Å². The largest absolute Gasteiger partial charge is 0.465 e. The van der Waals surface area contributed by atoms with Crippen LogP contribution in [-0.4, -0.2) is 25.2 Å². The highest BCUT2D eigenvalue weighted by Gasteiger charge is 2.47. The van der Waals surface area contributed by atoms with E-state index in [9.17, 15) is 9.59 Å². The van der Waals surface area contributed by atoms with E-state index in [2.05, 4.69) is 13.8 Å². The van der Waals surface area contributed by atoms with E-state index in [0.29, 0.717) is 26.1 Å². The third-order valence-electron chi connectivity index (χ3n) is 4.29. The van der Waals surface area contributed by atoms with Crippen LogP contribution in [0.5, 0.6) is 0 Å². The molecular formula is C21H40O4. The number of hydrogen-bond acceptors (Lipinski definition) is 4. The van der Waals surface area contributed by atoms with Gasteiger partial charge < -0.3 is 9.47 Å². The van der Waals surface area contributed by atoms with Crippen molar-refractivity contribution in [3.63, 3.8) is 0 Å². The van der Waals surface area contributed by atoms with Crippen LogP contribution in [0.3, 0.4) is 0 Å². The second-order valence-corrected chi connectivity index (χ2v) is 7.98. The first-order valence-electron chi connectivity index (χ1n) is 10.1.